The van der Waals surface area contributed by atoms with Gasteiger partial charge in [0.05, 0.1) is 11.3 Å². The first-order valence-electron chi connectivity index (χ1n) is 5.39. The molecule has 1 aromatic rings. The summed E-state index contributed by atoms with van der Waals surface area (Å²) in [5.74, 6) is 0. The van der Waals surface area contributed by atoms with Crippen molar-refractivity contribution in [1.29, 1.82) is 5.26 Å². The number of hydrogen-bond acceptors (Lipinski definition) is 3. The van der Waals surface area contributed by atoms with Gasteiger partial charge in [0.1, 0.15) is 6.07 Å². The van der Waals surface area contributed by atoms with E-state index in [-0.39, 0.29) is 5.54 Å². The molecule has 0 fully saturated rings. The van der Waals surface area contributed by atoms with Gasteiger partial charge in [-0.15, -0.1) is 11.8 Å². The van der Waals surface area contributed by atoms with Gasteiger partial charge in [0, 0.05) is 10.4 Å². The van der Waals surface area contributed by atoms with E-state index in [2.05, 4.69) is 32.2 Å². The standard InChI is InChI=1S/C13H18N2S/c1-5-13(2,3)15-11-7-6-8-12(16-4)10(11)9-14/h6-8,15H,5H2,1-4H3. The van der Waals surface area contributed by atoms with Gasteiger partial charge in [0.2, 0.25) is 0 Å². The molecule has 0 saturated heterocycles. The van der Waals surface area contributed by atoms with Crippen molar-refractivity contribution < 1.29 is 0 Å². The van der Waals surface area contributed by atoms with Gasteiger partial charge in [-0.3, -0.25) is 0 Å². The number of hydrogen-bond donors (Lipinski definition) is 1. The van der Waals surface area contributed by atoms with Crippen molar-refractivity contribution in [2.45, 2.75) is 37.6 Å². The minimum atomic E-state index is 0.0165. The van der Waals surface area contributed by atoms with Crippen LogP contribution in [0.1, 0.15) is 32.8 Å². The minimum absolute atomic E-state index is 0.0165. The Bertz CT molecular complexity index is 405. The summed E-state index contributed by atoms with van der Waals surface area (Å²) in [7, 11) is 0. The Kier molecular flexibility index (Phi) is 4.26. The van der Waals surface area contributed by atoms with Crippen LogP contribution in [0.2, 0.25) is 0 Å². The first-order valence-corrected chi connectivity index (χ1v) is 6.62. The summed E-state index contributed by atoms with van der Waals surface area (Å²) < 4.78 is 0. The topological polar surface area (TPSA) is 35.8 Å². The number of nitrogens with zero attached hydrogens (tertiary/aromatic N) is 1. The van der Waals surface area contributed by atoms with Crippen LogP contribution in [0.4, 0.5) is 5.69 Å². The third-order valence-corrected chi connectivity index (χ3v) is 3.49. The van der Waals surface area contributed by atoms with Crippen LogP contribution in [0.5, 0.6) is 0 Å². The molecule has 2 nitrogen and oxygen atoms in total. The summed E-state index contributed by atoms with van der Waals surface area (Å²) in [4.78, 5) is 1.03. The van der Waals surface area contributed by atoms with Crippen LogP contribution in [0.25, 0.3) is 0 Å². The molecule has 0 amide bonds. The maximum Gasteiger partial charge on any atom is 0.102 e. The smallest absolute Gasteiger partial charge is 0.102 e. The lowest BCUT2D eigenvalue weighted by Gasteiger charge is -2.26. The van der Waals surface area contributed by atoms with E-state index in [9.17, 15) is 5.26 Å². The highest BCUT2D eigenvalue weighted by Gasteiger charge is 2.17. The molecule has 1 N–H and O–H groups in total. The molecule has 0 radical (unpaired) electrons. The number of benzene rings is 1. The van der Waals surface area contributed by atoms with Crippen LogP contribution in [0.3, 0.4) is 0 Å². The Morgan fingerprint density at radius 2 is 2.12 bits per heavy atom. The van der Waals surface area contributed by atoms with Gasteiger partial charge in [-0.05, 0) is 38.7 Å². The van der Waals surface area contributed by atoms with Crippen molar-refractivity contribution in [3.8, 4) is 6.07 Å². The van der Waals surface area contributed by atoms with E-state index < -0.39 is 0 Å². The molecule has 0 aliphatic rings. The van der Waals surface area contributed by atoms with Crippen molar-refractivity contribution in [3.63, 3.8) is 0 Å². The molecular formula is C13H18N2S. The molecule has 0 saturated carbocycles. The SMILES string of the molecule is CCC(C)(C)Nc1cccc(SC)c1C#N. The Morgan fingerprint density at radius 1 is 1.44 bits per heavy atom. The first kappa shape index (κ1) is 12.9. The van der Waals surface area contributed by atoms with Gasteiger partial charge in [-0.25, -0.2) is 0 Å². The van der Waals surface area contributed by atoms with Crippen molar-refractivity contribution in [1.82, 2.24) is 0 Å². The molecule has 0 unspecified atom stereocenters. The molecule has 16 heavy (non-hydrogen) atoms. The Hall–Kier alpha value is -1.14. The fourth-order valence-electron chi connectivity index (χ4n) is 1.37. The highest BCUT2D eigenvalue weighted by Crippen LogP contribution is 2.28. The van der Waals surface area contributed by atoms with Gasteiger partial charge >= 0.3 is 0 Å². The summed E-state index contributed by atoms with van der Waals surface area (Å²) >= 11 is 1.61. The molecule has 86 valence electrons. The number of rotatable bonds is 4. The third kappa shape index (κ3) is 2.93. The Balaban J connectivity index is 3.10. The molecule has 0 atom stereocenters. The normalized spacial score (nSPS) is 10.9. The maximum atomic E-state index is 9.20. The fourth-order valence-corrected chi connectivity index (χ4v) is 1.95. The molecule has 0 aliphatic heterocycles. The number of anilines is 1. The van der Waals surface area contributed by atoms with E-state index in [1.54, 1.807) is 11.8 Å². The lowest BCUT2D eigenvalue weighted by atomic mass is 10.0. The van der Waals surface area contributed by atoms with Crippen LogP contribution in [-0.4, -0.2) is 11.8 Å². The molecule has 0 aliphatic carbocycles. The van der Waals surface area contributed by atoms with Gasteiger partial charge in [0.25, 0.3) is 0 Å². The summed E-state index contributed by atoms with van der Waals surface area (Å²) in [5.41, 5.74) is 1.69. The second-order valence-electron chi connectivity index (χ2n) is 4.36. The van der Waals surface area contributed by atoms with Gasteiger partial charge in [-0.1, -0.05) is 13.0 Å². The monoisotopic (exact) mass is 234 g/mol. The zero-order valence-corrected chi connectivity index (χ0v) is 11.1. The van der Waals surface area contributed by atoms with E-state index in [1.165, 1.54) is 0 Å². The predicted molar refractivity (Wildman–Crippen MR) is 70.9 cm³/mol. The molecular weight excluding hydrogens is 216 g/mol. The average molecular weight is 234 g/mol. The quantitative estimate of drug-likeness (QED) is 0.803. The Labute approximate surface area is 102 Å². The number of thioether (sulfide) groups is 1. The highest BCUT2D eigenvalue weighted by atomic mass is 32.2. The molecule has 1 aromatic carbocycles. The van der Waals surface area contributed by atoms with Gasteiger partial charge in [-0.2, -0.15) is 5.26 Å². The minimum Gasteiger partial charge on any atom is -0.379 e. The van der Waals surface area contributed by atoms with Crippen LogP contribution in [-0.2, 0) is 0 Å². The van der Waals surface area contributed by atoms with Crippen LogP contribution in [0.15, 0.2) is 23.1 Å². The molecule has 0 heterocycles. The lowest BCUT2D eigenvalue weighted by Crippen LogP contribution is -2.30. The third-order valence-electron chi connectivity index (χ3n) is 2.71. The lowest BCUT2D eigenvalue weighted by molar-refractivity contribution is 0.547. The van der Waals surface area contributed by atoms with Crippen LogP contribution in [0, 0.1) is 11.3 Å². The maximum absolute atomic E-state index is 9.20. The van der Waals surface area contributed by atoms with Gasteiger partial charge < -0.3 is 5.32 Å². The zero-order chi connectivity index (χ0) is 12.2. The molecule has 3 heteroatoms. The van der Waals surface area contributed by atoms with E-state index in [4.69, 9.17) is 0 Å². The zero-order valence-electron chi connectivity index (χ0n) is 10.3. The molecule has 0 spiro atoms. The summed E-state index contributed by atoms with van der Waals surface area (Å²) in [6, 6.07) is 8.21. The van der Waals surface area contributed by atoms with Crippen LogP contribution < -0.4 is 5.32 Å². The van der Waals surface area contributed by atoms with E-state index in [0.717, 1.165) is 22.6 Å². The summed E-state index contributed by atoms with van der Waals surface area (Å²) in [6.45, 7) is 6.41. The van der Waals surface area contributed by atoms with Crippen molar-refractivity contribution >= 4 is 17.4 Å². The second-order valence-corrected chi connectivity index (χ2v) is 5.21. The molecule has 0 aromatic heterocycles. The van der Waals surface area contributed by atoms with Crippen molar-refractivity contribution in [2.75, 3.05) is 11.6 Å². The Morgan fingerprint density at radius 3 is 2.62 bits per heavy atom. The van der Waals surface area contributed by atoms with E-state index in [1.807, 2.05) is 24.5 Å². The number of nitrogens with one attached hydrogen (secondary N) is 1. The van der Waals surface area contributed by atoms with Crippen molar-refractivity contribution in [3.05, 3.63) is 23.8 Å². The fraction of sp³-hybridized carbons (Fsp3) is 0.462. The summed E-state index contributed by atoms with van der Waals surface area (Å²) in [5, 5.41) is 12.6. The average Bonchev–Trinajstić information content (AvgIpc) is 2.28. The van der Waals surface area contributed by atoms with E-state index in [0.29, 0.717) is 0 Å². The second kappa shape index (κ2) is 5.27. The van der Waals surface area contributed by atoms with Gasteiger partial charge in [0.15, 0.2) is 0 Å². The number of nitriles is 1. The molecule has 0 bridgehead atoms. The largest absolute Gasteiger partial charge is 0.379 e. The molecule has 1 rings (SSSR count). The highest BCUT2D eigenvalue weighted by molar-refractivity contribution is 7.98. The predicted octanol–water partition coefficient (Wildman–Crippen LogP) is 3.88. The van der Waals surface area contributed by atoms with E-state index >= 15 is 0 Å². The first-order chi connectivity index (χ1) is 7.54. The van der Waals surface area contributed by atoms with Crippen LogP contribution >= 0.6 is 11.8 Å². The van der Waals surface area contributed by atoms with Crippen molar-refractivity contribution in [2.24, 2.45) is 0 Å². The summed E-state index contributed by atoms with van der Waals surface area (Å²) in [6.07, 6.45) is 3.01.